The summed E-state index contributed by atoms with van der Waals surface area (Å²) in [6, 6.07) is 6.35. The van der Waals surface area contributed by atoms with E-state index in [0.29, 0.717) is 17.9 Å². The fourth-order valence-electron chi connectivity index (χ4n) is 1.77. The molecule has 0 saturated carbocycles. The molecule has 1 atom stereocenters. The van der Waals surface area contributed by atoms with Gasteiger partial charge in [-0.3, -0.25) is 4.79 Å². The summed E-state index contributed by atoms with van der Waals surface area (Å²) in [7, 11) is -2.19. The summed E-state index contributed by atoms with van der Waals surface area (Å²) in [6.45, 7) is 2.45. The standard InChI is InChI=1S/C14H21NO5S/c1-3-20-12-6-4-11(5-7-12)13(15)10-21(17,18)9-8-14(16)19-2/h4-7,13H,3,8-10,15H2,1-2H3. The van der Waals surface area contributed by atoms with E-state index in [1.54, 1.807) is 24.3 Å². The van der Waals surface area contributed by atoms with Gasteiger partial charge in [0.2, 0.25) is 0 Å². The summed E-state index contributed by atoms with van der Waals surface area (Å²) in [5.74, 6) is -0.308. The Balaban J connectivity index is 2.62. The molecule has 1 rings (SSSR count). The maximum atomic E-state index is 11.9. The van der Waals surface area contributed by atoms with Crippen molar-refractivity contribution in [1.82, 2.24) is 0 Å². The van der Waals surface area contributed by atoms with Gasteiger partial charge in [-0.25, -0.2) is 8.42 Å². The Kier molecular flexibility index (Phi) is 6.64. The highest BCUT2D eigenvalue weighted by Gasteiger charge is 2.19. The molecule has 118 valence electrons. The lowest BCUT2D eigenvalue weighted by Gasteiger charge is -2.13. The van der Waals surface area contributed by atoms with Crippen LogP contribution in [0.1, 0.15) is 24.9 Å². The first kappa shape index (κ1) is 17.5. The Morgan fingerprint density at radius 2 is 1.90 bits per heavy atom. The van der Waals surface area contributed by atoms with Crippen molar-refractivity contribution in [3.05, 3.63) is 29.8 Å². The first-order valence-electron chi connectivity index (χ1n) is 6.63. The van der Waals surface area contributed by atoms with Gasteiger partial charge in [0, 0.05) is 6.04 Å². The van der Waals surface area contributed by atoms with Gasteiger partial charge in [-0.05, 0) is 24.6 Å². The lowest BCUT2D eigenvalue weighted by atomic mass is 10.1. The number of carbonyl (C=O) groups is 1. The van der Waals surface area contributed by atoms with Crippen LogP contribution in [0.5, 0.6) is 5.75 Å². The molecule has 0 heterocycles. The van der Waals surface area contributed by atoms with E-state index < -0.39 is 21.8 Å². The largest absolute Gasteiger partial charge is 0.494 e. The summed E-state index contributed by atoms with van der Waals surface area (Å²) in [6.07, 6.45) is -0.158. The number of methoxy groups -OCH3 is 1. The van der Waals surface area contributed by atoms with Crippen LogP contribution in [0, 0.1) is 0 Å². The van der Waals surface area contributed by atoms with Gasteiger partial charge in [-0.1, -0.05) is 12.1 Å². The summed E-state index contributed by atoms with van der Waals surface area (Å²) < 4.78 is 33.5. The molecule has 0 spiro atoms. The molecule has 7 heteroatoms. The topological polar surface area (TPSA) is 95.7 Å². The molecule has 0 bridgehead atoms. The summed E-state index contributed by atoms with van der Waals surface area (Å²) in [5, 5.41) is 0. The van der Waals surface area contributed by atoms with E-state index in [2.05, 4.69) is 4.74 Å². The third-order valence-electron chi connectivity index (χ3n) is 2.90. The Labute approximate surface area is 125 Å². The van der Waals surface area contributed by atoms with E-state index in [1.165, 1.54) is 7.11 Å². The van der Waals surface area contributed by atoms with Crippen molar-refractivity contribution in [2.24, 2.45) is 5.73 Å². The van der Waals surface area contributed by atoms with E-state index in [0.717, 1.165) is 0 Å². The van der Waals surface area contributed by atoms with Crippen molar-refractivity contribution in [2.75, 3.05) is 25.2 Å². The molecule has 0 aliphatic carbocycles. The number of hydrogen-bond donors (Lipinski definition) is 1. The van der Waals surface area contributed by atoms with Gasteiger partial charge in [0.25, 0.3) is 0 Å². The number of benzene rings is 1. The Bertz CT molecular complexity index is 553. The molecule has 0 amide bonds. The minimum absolute atomic E-state index is 0.158. The monoisotopic (exact) mass is 315 g/mol. The predicted octanol–water partition coefficient (Wildman–Crippen LogP) is 1.06. The molecule has 1 aromatic carbocycles. The summed E-state index contributed by atoms with van der Waals surface area (Å²) in [4.78, 5) is 11.0. The maximum Gasteiger partial charge on any atom is 0.306 e. The SMILES string of the molecule is CCOc1ccc(C(N)CS(=O)(=O)CCC(=O)OC)cc1. The first-order valence-corrected chi connectivity index (χ1v) is 8.45. The highest BCUT2D eigenvalue weighted by atomic mass is 32.2. The van der Waals surface area contributed by atoms with Gasteiger partial charge < -0.3 is 15.2 Å². The summed E-state index contributed by atoms with van der Waals surface area (Å²) in [5.41, 5.74) is 6.62. The van der Waals surface area contributed by atoms with Gasteiger partial charge in [0.1, 0.15) is 5.75 Å². The van der Waals surface area contributed by atoms with Gasteiger partial charge in [-0.15, -0.1) is 0 Å². The van der Waals surface area contributed by atoms with Crippen LogP contribution >= 0.6 is 0 Å². The third-order valence-corrected chi connectivity index (χ3v) is 4.59. The molecule has 0 aliphatic heterocycles. The average molecular weight is 315 g/mol. The predicted molar refractivity (Wildman–Crippen MR) is 79.8 cm³/mol. The van der Waals surface area contributed by atoms with Gasteiger partial charge in [0.05, 0.1) is 31.6 Å². The van der Waals surface area contributed by atoms with Crippen LogP contribution in [0.15, 0.2) is 24.3 Å². The number of sulfone groups is 1. The fourth-order valence-corrected chi connectivity index (χ4v) is 3.16. The second kappa shape index (κ2) is 7.99. The Hall–Kier alpha value is -1.60. The molecule has 2 N–H and O–H groups in total. The highest BCUT2D eigenvalue weighted by Crippen LogP contribution is 2.18. The highest BCUT2D eigenvalue weighted by molar-refractivity contribution is 7.91. The molecule has 0 aromatic heterocycles. The number of carbonyl (C=O) groups excluding carboxylic acids is 1. The molecule has 0 fully saturated rings. The van der Waals surface area contributed by atoms with Crippen LogP contribution in [0.25, 0.3) is 0 Å². The van der Waals surface area contributed by atoms with Crippen molar-refractivity contribution in [2.45, 2.75) is 19.4 Å². The zero-order chi connectivity index (χ0) is 15.9. The summed E-state index contributed by atoms with van der Waals surface area (Å²) >= 11 is 0. The van der Waals surface area contributed by atoms with Crippen molar-refractivity contribution in [3.8, 4) is 5.75 Å². The number of nitrogens with two attached hydrogens (primary N) is 1. The zero-order valence-electron chi connectivity index (χ0n) is 12.2. The minimum Gasteiger partial charge on any atom is -0.494 e. The second-order valence-corrected chi connectivity index (χ2v) is 6.78. The number of esters is 1. The molecule has 0 aliphatic rings. The molecular weight excluding hydrogens is 294 g/mol. The lowest BCUT2D eigenvalue weighted by molar-refractivity contribution is -0.140. The van der Waals surface area contributed by atoms with E-state index in [1.807, 2.05) is 6.92 Å². The lowest BCUT2D eigenvalue weighted by Crippen LogP contribution is -2.24. The van der Waals surface area contributed by atoms with Gasteiger partial charge in [0.15, 0.2) is 9.84 Å². The quantitative estimate of drug-likeness (QED) is 0.721. The average Bonchev–Trinajstić information content (AvgIpc) is 2.45. The van der Waals surface area contributed by atoms with Crippen molar-refractivity contribution in [3.63, 3.8) is 0 Å². The van der Waals surface area contributed by atoms with Crippen LogP contribution in [0.3, 0.4) is 0 Å². The van der Waals surface area contributed by atoms with Crippen LogP contribution in [0.4, 0.5) is 0 Å². The van der Waals surface area contributed by atoms with Crippen LogP contribution in [0.2, 0.25) is 0 Å². The van der Waals surface area contributed by atoms with E-state index in [-0.39, 0.29) is 17.9 Å². The van der Waals surface area contributed by atoms with Crippen molar-refractivity contribution in [1.29, 1.82) is 0 Å². The van der Waals surface area contributed by atoms with Crippen molar-refractivity contribution >= 4 is 15.8 Å². The zero-order valence-corrected chi connectivity index (χ0v) is 13.1. The smallest absolute Gasteiger partial charge is 0.306 e. The Morgan fingerprint density at radius 3 is 2.43 bits per heavy atom. The molecule has 1 aromatic rings. The number of rotatable bonds is 8. The molecule has 0 saturated heterocycles. The Morgan fingerprint density at radius 1 is 1.29 bits per heavy atom. The molecule has 0 radical (unpaired) electrons. The van der Waals surface area contributed by atoms with Crippen LogP contribution in [-0.2, 0) is 19.4 Å². The minimum atomic E-state index is -3.41. The van der Waals surface area contributed by atoms with E-state index in [4.69, 9.17) is 10.5 Å². The molecule has 6 nitrogen and oxygen atoms in total. The van der Waals surface area contributed by atoms with Crippen molar-refractivity contribution < 1.29 is 22.7 Å². The first-order chi connectivity index (χ1) is 9.88. The maximum absolute atomic E-state index is 11.9. The fraction of sp³-hybridized carbons (Fsp3) is 0.500. The molecule has 1 unspecified atom stereocenters. The second-order valence-electron chi connectivity index (χ2n) is 4.55. The van der Waals surface area contributed by atoms with E-state index >= 15 is 0 Å². The van der Waals surface area contributed by atoms with Gasteiger partial charge >= 0.3 is 5.97 Å². The number of hydrogen-bond acceptors (Lipinski definition) is 6. The van der Waals surface area contributed by atoms with Crippen LogP contribution in [-0.4, -0.2) is 39.6 Å². The van der Waals surface area contributed by atoms with Crippen LogP contribution < -0.4 is 10.5 Å². The van der Waals surface area contributed by atoms with Gasteiger partial charge in [-0.2, -0.15) is 0 Å². The van der Waals surface area contributed by atoms with E-state index in [9.17, 15) is 13.2 Å². The normalized spacial score (nSPS) is 12.7. The molecule has 21 heavy (non-hydrogen) atoms. The third kappa shape index (κ3) is 6.14. The molecular formula is C14H21NO5S. The number of ether oxygens (including phenoxy) is 2.